The molecule has 0 saturated heterocycles. The maximum absolute atomic E-state index is 12.7. The summed E-state index contributed by atoms with van der Waals surface area (Å²) in [6, 6.07) is 0.149. The van der Waals surface area contributed by atoms with Crippen LogP contribution in [0.5, 0.6) is 6.01 Å². The Morgan fingerprint density at radius 1 is 1.64 bits per heavy atom. The molecule has 0 bridgehead atoms. The van der Waals surface area contributed by atoms with Crippen LogP contribution >= 0.6 is 0 Å². The fraction of sp³-hybridized carbons (Fsp3) is 0.333. The minimum atomic E-state index is -0.492. The first-order valence-corrected chi connectivity index (χ1v) is 3.02. The molecule has 4 nitrogen and oxygen atoms in total. The minimum Gasteiger partial charge on any atom is -0.467 e. The predicted octanol–water partition coefficient (Wildman–Crippen LogP) is 0.666. The Bertz CT molecular complexity index is 254. The molecule has 0 fully saturated rings. The molecule has 0 atom stereocenters. The summed E-state index contributed by atoms with van der Waals surface area (Å²) < 4.78 is 17.3. The van der Waals surface area contributed by atoms with Gasteiger partial charge in [-0.15, -0.1) is 0 Å². The fourth-order valence-electron chi connectivity index (χ4n) is 0.625. The van der Waals surface area contributed by atoms with Crippen molar-refractivity contribution in [3.63, 3.8) is 0 Å². The Hall–Kier alpha value is -1.39. The highest BCUT2D eigenvalue weighted by Gasteiger charge is 2.03. The van der Waals surface area contributed by atoms with Crippen LogP contribution in [0.15, 0.2) is 6.20 Å². The number of nitrogens with zero attached hydrogens (tertiary/aromatic N) is 2. The van der Waals surface area contributed by atoms with Crippen molar-refractivity contribution in [3.05, 3.63) is 12.0 Å². The van der Waals surface area contributed by atoms with Gasteiger partial charge in [0.15, 0.2) is 11.6 Å². The third-order valence-corrected chi connectivity index (χ3v) is 1.14. The lowest BCUT2D eigenvalue weighted by Crippen LogP contribution is -2.00. The number of halogens is 1. The monoisotopic (exact) mass is 157 g/mol. The van der Waals surface area contributed by atoms with Gasteiger partial charge in [-0.05, 0) is 0 Å². The lowest BCUT2D eigenvalue weighted by molar-refractivity contribution is 0.377. The first-order chi connectivity index (χ1) is 5.27. The summed E-state index contributed by atoms with van der Waals surface area (Å²) in [6.45, 7) is 0. The van der Waals surface area contributed by atoms with E-state index in [1.807, 2.05) is 0 Å². The average Bonchev–Trinajstić information content (AvgIpc) is 2.05. The average molecular weight is 157 g/mol. The van der Waals surface area contributed by atoms with Gasteiger partial charge in [0.2, 0.25) is 0 Å². The summed E-state index contributed by atoms with van der Waals surface area (Å²) in [4.78, 5) is 7.25. The summed E-state index contributed by atoms with van der Waals surface area (Å²) in [5.74, 6) is -0.356. The Morgan fingerprint density at radius 2 is 2.36 bits per heavy atom. The standard InChI is InChI=1S/C6H8FN3O/c1-8-5-4(7)3-9-6(10-5)11-2/h3H,1-2H3,(H,8,9,10). The van der Waals surface area contributed by atoms with E-state index < -0.39 is 5.82 Å². The lowest BCUT2D eigenvalue weighted by Gasteiger charge is -2.01. The molecular weight excluding hydrogens is 149 g/mol. The zero-order valence-electron chi connectivity index (χ0n) is 6.26. The lowest BCUT2D eigenvalue weighted by atomic mass is 10.5. The van der Waals surface area contributed by atoms with E-state index in [4.69, 9.17) is 0 Å². The number of hydrogen-bond donors (Lipinski definition) is 1. The van der Waals surface area contributed by atoms with Gasteiger partial charge >= 0.3 is 6.01 Å². The second-order valence-electron chi connectivity index (χ2n) is 1.80. The molecule has 1 aromatic heterocycles. The summed E-state index contributed by atoms with van der Waals surface area (Å²) in [7, 11) is 3.00. The van der Waals surface area contributed by atoms with Crippen molar-refractivity contribution in [2.24, 2.45) is 0 Å². The van der Waals surface area contributed by atoms with Crippen molar-refractivity contribution in [3.8, 4) is 6.01 Å². The summed E-state index contributed by atoms with van der Waals surface area (Å²) in [5.41, 5.74) is 0. The number of anilines is 1. The molecule has 0 radical (unpaired) electrons. The molecular formula is C6H8FN3O. The van der Waals surface area contributed by atoms with E-state index in [-0.39, 0.29) is 11.8 Å². The molecule has 0 amide bonds. The van der Waals surface area contributed by atoms with E-state index in [0.29, 0.717) is 0 Å². The Balaban J connectivity index is 3.02. The molecule has 1 aromatic rings. The van der Waals surface area contributed by atoms with Crippen molar-refractivity contribution < 1.29 is 9.13 Å². The van der Waals surface area contributed by atoms with E-state index >= 15 is 0 Å². The van der Waals surface area contributed by atoms with Crippen LogP contribution in [0.25, 0.3) is 0 Å². The SMILES string of the molecule is CNc1nc(OC)ncc1F. The minimum absolute atomic E-state index is 0.136. The molecule has 1 rings (SSSR count). The van der Waals surface area contributed by atoms with Crippen molar-refractivity contribution >= 4 is 5.82 Å². The van der Waals surface area contributed by atoms with Crippen molar-refractivity contribution in [1.82, 2.24) is 9.97 Å². The molecule has 0 aromatic carbocycles. The smallest absolute Gasteiger partial charge is 0.318 e. The van der Waals surface area contributed by atoms with Crippen LogP contribution in [0.3, 0.4) is 0 Å². The second kappa shape index (κ2) is 3.14. The van der Waals surface area contributed by atoms with E-state index in [2.05, 4.69) is 20.0 Å². The molecule has 0 saturated carbocycles. The molecule has 0 spiro atoms. The number of aromatic nitrogens is 2. The molecule has 0 aliphatic rings. The van der Waals surface area contributed by atoms with Gasteiger partial charge in [0.1, 0.15) is 0 Å². The first-order valence-electron chi connectivity index (χ1n) is 3.02. The van der Waals surface area contributed by atoms with Gasteiger partial charge in [-0.3, -0.25) is 0 Å². The number of hydrogen-bond acceptors (Lipinski definition) is 4. The Kier molecular flexibility index (Phi) is 2.20. The molecule has 0 unspecified atom stereocenters. The third kappa shape index (κ3) is 1.54. The number of methoxy groups -OCH3 is 1. The van der Waals surface area contributed by atoms with Gasteiger partial charge < -0.3 is 10.1 Å². The maximum atomic E-state index is 12.7. The van der Waals surface area contributed by atoms with Crippen molar-refractivity contribution in [1.29, 1.82) is 0 Å². The normalized spacial score (nSPS) is 9.36. The van der Waals surface area contributed by atoms with E-state index in [0.717, 1.165) is 6.20 Å². The van der Waals surface area contributed by atoms with Crippen LogP contribution < -0.4 is 10.1 Å². The van der Waals surface area contributed by atoms with Crippen molar-refractivity contribution in [2.75, 3.05) is 19.5 Å². The van der Waals surface area contributed by atoms with Crippen LogP contribution in [-0.2, 0) is 0 Å². The van der Waals surface area contributed by atoms with Gasteiger partial charge in [-0.2, -0.15) is 4.98 Å². The molecule has 5 heteroatoms. The maximum Gasteiger partial charge on any atom is 0.318 e. The Morgan fingerprint density at radius 3 is 2.91 bits per heavy atom. The summed E-state index contributed by atoms with van der Waals surface area (Å²) in [5, 5.41) is 2.56. The van der Waals surface area contributed by atoms with Gasteiger partial charge in [-0.1, -0.05) is 0 Å². The van der Waals surface area contributed by atoms with E-state index in [1.54, 1.807) is 7.05 Å². The molecule has 0 aliphatic carbocycles. The van der Waals surface area contributed by atoms with Crippen LogP contribution in [0.1, 0.15) is 0 Å². The topological polar surface area (TPSA) is 47.0 Å². The van der Waals surface area contributed by atoms with Gasteiger partial charge in [0.05, 0.1) is 13.3 Å². The number of nitrogens with one attached hydrogen (secondary N) is 1. The molecule has 11 heavy (non-hydrogen) atoms. The zero-order chi connectivity index (χ0) is 8.27. The van der Waals surface area contributed by atoms with E-state index in [9.17, 15) is 4.39 Å². The molecule has 60 valence electrons. The van der Waals surface area contributed by atoms with Gasteiger partial charge in [0, 0.05) is 7.05 Å². The summed E-state index contributed by atoms with van der Waals surface area (Å²) in [6.07, 6.45) is 1.05. The second-order valence-corrected chi connectivity index (χ2v) is 1.80. The largest absolute Gasteiger partial charge is 0.467 e. The van der Waals surface area contributed by atoms with Crippen LogP contribution in [-0.4, -0.2) is 24.1 Å². The van der Waals surface area contributed by atoms with Gasteiger partial charge in [0.25, 0.3) is 0 Å². The quantitative estimate of drug-likeness (QED) is 0.685. The molecule has 0 aliphatic heterocycles. The van der Waals surface area contributed by atoms with Crippen molar-refractivity contribution in [2.45, 2.75) is 0 Å². The number of rotatable bonds is 2. The molecule has 1 heterocycles. The van der Waals surface area contributed by atoms with Crippen LogP contribution in [0.4, 0.5) is 10.2 Å². The van der Waals surface area contributed by atoms with Crippen LogP contribution in [0, 0.1) is 5.82 Å². The van der Waals surface area contributed by atoms with Crippen LogP contribution in [0.2, 0.25) is 0 Å². The highest BCUT2D eigenvalue weighted by Crippen LogP contribution is 2.11. The first kappa shape index (κ1) is 7.71. The zero-order valence-corrected chi connectivity index (χ0v) is 6.26. The number of ether oxygens (including phenoxy) is 1. The summed E-state index contributed by atoms with van der Waals surface area (Å²) >= 11 is 0. The molecule has 1 N–H and O–H groups in total. The highest BCUT2D eigenvalue weighted by molar-refractivity contribution is 5.34. The third-order valence-electron chi connectivity index (χ3n) is 1.14. The highest BCUT2D eigenvalue weighted by atomic mass is 19.1. The predicted molar refractivity (Wildman–Crippen MR) is 38.1 cm³/mol. The fourth-order valence-corrected chi connectivity index (χ4v) is 0.625. The Labute approximate surface area is 63.4 Å². The van der Waals surface area contributed by atoms with E-state index in [1.165, 1.54) is 7.11 Å². The van der Waals surface area contributed by atoms with Gasteiger partial charge in [-0.25, -0.2) is 9.37 Å².